The predicted molar refractivity (Wildman–Crippen MR) is 219 cm³/mol. The Kier molecular flexibility index (Phi) is 6.81. The standard InChI is InChI=1S/C50H36N2/c1-3-4-21-39-34(2)50(45-25-14-11-22-40(39)45)46-26-15-12-23-41(46)44-32-37(29-31-47(44)50)51(35-17-7-5-8-18-35)38-28-30-43-42-24-13-16-27-48(42)52(49(43)33-38)36-19-9-6-10-20-36/h3-33H,1H2,2H3/b21-4-. The Balaban J connectivity index is 1.22. The summed E-state index contributed by atoms with van der Waals surface area (Å²) in [4.78, 5) is 2.41. The smallest absolute Gasteiger partial charge is 0.0685 e. The Morgan fingerprint density at radius 2 is 1.12 bits per heavy atom. The number of para-hydroxylation sites is 3. The van der Waals surface area contributed by atoms with Crippen molar-refractivity contribution in [2.45, 2.75) is 12.3 Å². The summed E-state index contributed by atoms with van der Waals surface area (Å²) in [5.41, 5.74) is 17.0. The van der Waals surface area contributed by atoms with E-state index in [0.717, 1.165) is 22.7 Å². The van der Waals surface area contributed by atoms with E-state index in [1.54, 1.807) is 0 Å². The monoisotopic (exact) mass is 664 g/mol. The minimum absolute atomic E-state index is 0.366. The van der Waals surface area contributed by atoms with Crippen LogP contribution in [-0.2, 0) is 5.41 Å². The lowest BCUT2D eigenvalue weighted by atomic mass is 9.70. The number of benzene rings is 7. The number of hydrogen-bond donors (Lipinski definition) is 0. The first-order valence-electron chi connectivity index (χ1n) is 18.0. The van der Waals surface area contributed by atoms with E-state index in [2.05, 4.69) is 205 Å². The first kappa shape index (κ1) is 30.2. The molecule has 1 atom stereocenters. The van der Waals surface area contributed by atoms with Crippen LogP contribution in [0.1, 0.15) is 29.2 Å². The summed E-state index contributed by atoms with van der Waals surface area (Å²) in [5.74, 6) is 0. The molecule has 1 unspecified atom stereocenters. The quantitative estimate of drug-likeness (QED) is 0.161. The van der Waals surface area contributed by atoms with Crippen molar-refractivity contribution in [3.05, 3.63) is 222 Å². The van der Waals surface area contributed by atoms with E-state index >= 15 is 0 Å². The number of hydrogen-bond acceptors (Lipinski definition) is 1. The summed E-state index contributed by atoms with van der Waals surface area (Å²) >= 11 is 0. The van der Waals surface area contributed by atoms with Crippen molar-refractivity contribution in [2.75, 3.05) is 4.90 Å². The number of aromatic nitrogens is 1. The van der Waals surface area contributed by atoms with Crippen LogP contribution in [0.25, 0.3) is 44.2 Å². The fraction of sp³-hybridized carbons (Fsp3) is 0.0400. The molecule has 2 heteroatoms. The van der Waals surface area contributed by atoms with Crippen molar-refractivity contribution >= 4 is 44.4 Å². The van der Waals surface area contributed by atoms with Crippen molar-refractivity contribution in [3.8, 4) is 16.8 Å². The van der Waals surface area contributed by atoms with Crippen LogP contribution in [0.3, 0.4) is 0 Å². The highest BCUT2D eigenvalue weighted by atomic mass is 15.1. The molecule has 1 heterocycles. The number of allylic oxidation sites excluding steroid dienone is 5. The summed E-state index contributed by atoms with van der Waals surface area (Å²) < 4.78 is 2.39. The van der Waals surface area contributed by atoms with Crippen molar-refractivity contribution in [2.24, 2.45) is 0 Å². The largest absolute Gasteiger partial charge is 0.310 e. The molecule has 0 fully saturated rings. The zero-order valence-corrected chi connectivity index (χ0v) is 29.0. The second-order valence-corrected chi connectivity index (χ2v) is 13.8. The molecule has 0 aliphatic heterocycles. The Hall–Kier alpha value is -6.64. The van der Waals surface area contributed by atoms with Gasteiger partial charge in [-0.15, -0.1) is 0 Å². The molecule has 246 valence electrons. The highest BCUT2D eigenvalue weighted by Crippen LogP contribution is 2.62. The maximum atomic E-state index is 3.97. The Morgan fingerprint density at radius 3 is 1.90 bits per heavy atom. The van der Waals surface area contributed by atoms with Gasteiger partial charge in [0.2, 0.25) is 0 Å². The molecule has 10 rings (SSSR count). The maximum absolute atomic E-state index is 3.97. The van der Waals surface area contributed by atoms with E-state index < -0.39 is 0 Å². The van der Waals surface area contributed by atoms with E-state index in [9.17, 15) is 0 Å². The van der Waals surface area contributed by atoms with Gasteiger partial charge < -0.3 is 9.47 Å². The number of nitrogens with zero attached hydrogens (tertiary/aromatic N) is 2. The third kappa shape index (κ3) is 4.18. The van der Waals surface area contributed by atoms with Gasteiger partial charge in [-0.25, -0.2) is 0 Å². The summed E-state index contributed by atoms with van der Waals surface area (Å²) in [7, 11) is 0. The van der Waals surface area contributed by atoms with E-state index in [-0.39, 0.29) is 5.41 Å². The molecule has 0 saturated carbocycles. The van der Waals surface area contributed by atoms with Crippen LogP contribution < -0.4 is 4.90 Å². The molecule has 52 heavy (non-hydrogen) atoms. The van der Waals surface area contributed by atoms with Crippen molar-refractivity contribution in [3.63, 3.8) is 0 Å². The molecule has 0 radical (unpaired) electrons. The zero-order valence-electron chi connectivity index (χ0n) is 29.0. The van der Waals surface area contributed by atoms with Crippen LogP contribution >= 0.6 is 0 Å². The minimum Gasteiger partial charge on any atom is -0.310 e. The van der Waals surface area contributed by atoms with Gasteiger partial charge >= 0.3 is 0 Å². The van der Waals surface area contributed by atoms with Gasteiger partial charge in [-0.2, -0.15) is 0 Å². The van der Waals surface area contributed by atoms with Crippen LogP contribution in [0.15, 0.2) is 200 Å². The van der Waals surface area contributed by atoms with Gasteiger partial charge in [0, 0.05) is 33.5 Å². The highest BCUT2D eigenvalue weighted by molar-refractivity contribution is 6.10. The van der Waals surface area contributed by atoms with Crippen LogP contribution in [0.5, 0.6) is 0 Å². The minimum atomic E-state index is -0.366. The molecular weight excluding hydrogens is 629 g/mol. The predicted octanol–water partition coefficient (Wildman–Crippen LogP) is 13.1. The summed E-state index contributed by atoms with van der Waals surface area (Å²) in [6, 6.07) is 62.2. The van der Waals surface area contributed by atoms with Gasteiger partial charge in [0.15, 0.2) is 0 Å². The van der Waals surface area contributed by atoms with Gasteiger partial charge in [-0.3, -0.25) is 0 Å². The number of fused-ring (bicyclic) bond motifs is 10. The number of anilines is 3. The van der Waals surface area contributed by atoms with E-state index in [1.807, 2.05) is 6.08 Å². The first-order chi connectivity index (χ1) is 25.7. The average Bonchev–Trinajstić information content (AvgIpc) is 3.78. The second-order valence-electron chi connectivity index (χ2n) is 13.8. The fourth-order valence-electron chi connectivity index (χ4n) is 9.11. The van der Waals surface area contributed by atoms with Gasteiger partial charge in [0.25, 0.3) is 0 Å². The Labute approximate surface area is 304 Å². The normalized spacial score (nSPS) is 15.8. The lowest BCUT2D eigenvalue weighted by Gasteiger charge is -2.32. The molecule has 0 bridgehead atoms. The summed E-state index contributed by atoms with van der Waals surface area (Å²) in [6.07, 6.45) is 6.16. The lowest BCUT2D eigenvalue weighted by molar-refractivity contribution is 0.766. The van der Waals surface area contributed by atoms with E-state index in [0.29, 0.717) is 0 Å². The van der Waals surface area contributed by atoms with Crippen molar-refractivity contribution in [1.29, 1.82) is 0 Å². The van der Waals surface area contributed by atoms with E-state index in [1.165, 1.54) is 66.3 Å². The molecule has 0 amide bonds. The van der Waals surface area contributed by atoms with Gasteiger partial charge in [-0.1, -0.05) is 140 Å². The molecule has 0 saturated heterocycles. The fourth-order valence-corrected chi connectivity index (χ4v) is 9.11. The summed E-state index contributed by atoms with van der Waals surface area (Å²) in [5, 5.41) is 2.49. The third-order valence-electron chi connectivity index (χ3n) is 11.2. The van der Waals surface area contributed by atoms with Crippen LogP contribution in [0, 0.1) is 0 Å². The summed E-state index contributed by atoms with van der Waals surface area (Å²) in [6.45, 7) is 6.29. The van der Waals surface area contributed by atoms with Crippen LogP contribution in [-0.4, -0.2) is 4.57 Å². The first-order valence-corrected chi connectivity index (χ1v) is 18.0. The molecule has 0 N–H and O–H groups in total. The third-order valence-corrected chi connectivity index (χ3v) is 11.2. The van der Waals surface area contributed by atoms with E-state index in [4.69, 9.17) is 0 Å². The van der Waals surface area contributed by atoms with Crippen LogP contribution in [0.2, 0.25) is 0 Å². The average molecular weight is 665 g/mol. The Morgan fingerprint density at radius 1 is 0.519 bits per heavy atom. The van der Waals surface area contributed by atoms with Crippen LogP contribution in [0.4, 0.5) is 17.1 Å². The molecule has 2 nitrogen and oxygen atoms in total. The molecule has 1 spiro atoms. The number of rotatable bonds is 6. The maximum Gasteiger partial charge on any atom is 0.0685 e. The van der Waals surface area contributed by atoms with Gasteiger partial charge in [0.05, 0.1) is 16.4 Å². The van der Waals surface area contributed by atoms with Gasteiger partial charge in [-0.05, 0) is 106 Å². The van der Waals surface area contributed by atoms with Gasteiger partial charge in [0.1, 0.15) is 0 Å². The highest BCUT2D eigenvalue weighted by Gasteiger charge is 2.51. The molecule has 7 aromatic carbocycles. The topological polar surface area (TPSA) is 8.17 Å². The van der Waals surface area contributed by atoms with Crippen molar-refractivity contribution in [1.82, 2.24) is 4.57 Å². The lowest BCUT2D eigenvalue weighted by Crippen LogP contribution is -2.26. The van der Waals surface area contributed by atoms with Crippen molar-refractivity contribution < 1.29 is 0 Å². The SMILES string of the molecule is C=C/C=C\C1=C(C)C2(c3ccccc31)c1ccccc1-c1cc(N(c3ccccc3)c3ccc4c5ccccc5n(-c5ccccc5)c4c3)ccc12. The molecule has 1 aromatic heterocycles. The second kappa shape index (κ2) is 11.7. The molecular formula is C50H36N2. The molecule has 2 aliphatic carbocycles. The Bertz CT molecular complexity index is 2760. The zero-order chi connectivity index (χ0) is 34.8. The molecule has 8 aromatic rings. The molecule has 2 aliphatic rings.